The van der Waals surface area contributed by atoms with Gasteiger partial charge in [-0.05, 0) is 55.5 Å². The molecule has 0 aliphatic heterocycles. The van der Waals surface area contributed by atoms with Crippen LogP contribution in [0.3, 0.4) is 0 Å². The lowest BCUT2D eigenvalue weighted by Crippen LogP contribution is -2.15. The molecule has 29 heavy (non-hydrogen) atoms. The molecule has 1 aromatic carbocycles. The number of benzene rings is 1. The van der Waals surface area contributed by atoms with Gasteiger partial charge in [-0.2, -0.15) is 0 Å². The molecule has 2 heterocycles. The van der Waals surface area contributed by atoms with Crippen molar-refractivity contribution in [3.63, 3.8) is 0 Å². The van der Waals surface area contributed by atoms with E-state index < -0.39 is 0 Å². The minimum absolute atomic E-state index is 0.0384. The van der Waals surface area contributed by atoms with E-state index in [0.717, 1.165) is 35.2 Å². The van der Waals surface area contributed by atoms with Gasteiger partial charge in [0.1, 0.15) is 0 Å². The van der Waals surface area contributed by atoms with E-state index in [-0.39, 0.29) is 5.91 Å². The largest absolute Gasteiger partial charge is 0.325 e. The summed E-state index contributed by atoms with van der Waals surface area (Å²) >= 11 is 3.19. The van der Waals surface area contributed by atoms with Crippen LogP contribution in [0, 0.1) is 13.8 Å². The molecule has 7 heteroatoms. The Bertz CT molecular complexity index is 991. The van der Waals surface area contributed by atoms with E-state index in [9.17, 15) is 4.79 Å². The number of aromatic nitrogens is 3. The number of carbonyl (C=O) groups is 1. The molecule has 1 amide bonds. The maximum Gasteiger partial charge on any atom is 0.234 e. The van der Waals surface area contributed by atoms with Gasteiger partial charge in [-0.1, -0.05) is 38.6 Å². The molecular weight excluding hydrogens is 400 g/mol. The number of hydrogen-bond donors (Lipinski definition) is 1. The van der Waals surface area contributed by atoms with Crippen LogP contribution in [0.5, 0.6) is 0 Å². The van der Waals surface area contributed by atoms with Crippen molar-refractivity contribution in [1.82, 2.24) is 14.8 Å². The van der Waals surface area contributed by atoms with Crippen LogP contribution >= 0.6 is 23.1 Å². The van der Waals surface area contributed by atoms with Crippen molar-refractivity contribution in [3.05, 3.63) is 45.6 Å². The minimum atomic E-state index is -0.0384. The Morgan fingerprint density at radius 2 is 2.00 bits per heavy atom. The standard InChI is InChI=1S/C22H28N4OS2/c1-6-9-26-21(17-11-19(14(2)3)28-12-17)24-25-22(26)29-13-20(27)23-18-8-7-15(4)16(5)10-18/h7-8,10-12,14H,6,9,13H2,1-5H3,(H,23,27). The molecule has 3 aromatic rings. The zero-order valence-corrected chi connectivity index (χ0v) is 19.3. The number of nitrogens with zero attached hydrogens (tertiary/aromatic N) is 3. The summed E-state index contributed by atoms with van der Waals surface area (Å²) in [7, 11) is 0. The predicted octanol–water partition coefficient (Wildman–Crippen LogP) is 5.89. The third kappa shape index (κ3) is 5.28. The summed E-state index contributed by atoms with van der Waals surface area (Å²) < 4.78 is 2.13. The lowest BCUT2D eigenvalue weighted by molar-refractivity contribution is -0.113. The minimum Gasteiger partial charge on any atom is -0.325 e. The highest BCUT2D eigenvalue weighted by molar-refractivity contribution is 7.99. The third-order valence-electron chi connectivity index (χ3n) is 4.73. The maximum atomic E-state index is 12.4. The SMILES string of the molecule is CCCn1c(SCC(=O)Nc2ccc(C)c(C)c2)nnc1-c1csc(C(C)C)c1. The highest BCUT2D eigenvalue weighted by atomic mass is 32.2. The molecule has 0 spiro atoms. The molecule has 0 saturated carbocycles. The normalized spacial score (nSPS) is 11.2. The van der Waals surface area contributed by atoms with Crippen LogP contribution < -0.4 is 5.32 Å². The van der Waals surface area contributed by atoms with Crippen LogP contribution in [-0.4, -0.2) is 26.4 Å². The molecule has 0 saturated heterocycles. The fraction of sp³-hybridized carbons (Fsp3) is 0.409. The summed E-state index contributed by atoms with van der Waals surface area (Å²) in [5.74, 6) is 1.64. The molecule has 0 fully saturated rings. The van der Waals surface area contributed by atoms with Crippen molar-refractivity contribution in [1.29, 1.82) is 0 Å². The van der Waals surface area contributed by atoms with Crippen LogP contribution in [0.25, 0.3) is 11.4 Å². The molecule has 0 atom stereocenters. The zero-order valence-electron chi connectivity index (χ0n) is 17.7. The number of amides is 1. The topological polar surface area (TPSA) is 59.8 Å². The van der Waals surface area contributed by atoms with E-state index in [1.807, 2.05) is 25.1 Å². The van der Waals surface area contributed by atoms with Crippen molar-refractivity contribution in [3.8, 4) is 11.4 Å². The summed E-state index contributed by atoms with van der Waals surface area (Å²) in [6.07, 6.45) is 0.981. The molecule has 0 radical (unpaired) electrons. The summed E-state index contributed by atoms with van der Waals surface area (Å²) in [5.41, 5.74) is 4.31. The molecule has 2 aromatic heterocycles. The Kier molecular flexibility index (Phi) is 7.14. The van der Waals surface area contributed by atoms with Gasteiger partial charge in [0.05, 0.1) is 5.75 Å². The molecule has 3 rings (SSSR count). The molecule has 154 valence electrons. The summed E-state index contributed by atoms with van der Waals surface area (Å²) in [5, 5.41) is 14.7. The highest BCUT2D eigenvalue weighted by Crippen LogP contribution is 2.31. The zero-order chi connectivity index (χ0) is 21.0. The monoisotopic (exact) mass is 428 g/mol. The summed E-state index contributed by atoms with van der Waals surface area (Å²) in [4.78, 5) is 13.8. The second-order valence-corrected chi connectivity index (χ2v) is 9.37. The van der Waals surface area contributed by atoms with Crippen molar-refractivity contribution in [2.45, 2.75) is 58.7 Å². The average Bonchev–Trinajstić information content (AvgIpc) is 3.31. The van der Waals surface area contributed by atoms with E-state index >= 15 is 0 Å². The highest BCUT2D eigenvalue weighted by Gasteiger charge is 2.17. The number of carbonyl (C=O) groups excluding carboxylic acids is 1. The van der Waals surface area contributed by atoms with Crippen molar-refractivity contribution < 1.29 is 4.79 Å². The summed E-state index contributed by atoms with van der Waals surface area (Å²) in [6, 6.07) is 8.16. The molecule has 5 nitrogen and oxygen atoms in total. The van der Waals surface area contributed by atoms with Gasteiger partial charge in [0.15, 0.2) is 11.0 Å². The van der Waals surface area contributed by atoms with Crippen LogP contribution in [0.15, 0.2) is 34.8 Å². The van der Waals surface area contributed by atoms with Gasteiger partial charge >= 0.3 is 0 Å². The number of anilines is 1. The van der Waals surface area contributed by atoms with Crippen LogP contribution in [0.4, 0.5) is 5.69 Å². The summed E-state index contributed by atoms with van der Waals surface area (Å²) in [6.45, 7) is 11.5. The molecule has 1 N–H and O–H groups in total. The number of rotatable bonds is 8. The fourth-order valence-corrected chi connectivity index (χ4v) is 4.62. The van der Waals surface area contributed by atoms with Crippen molar-refractivity contribution in [2.75, 3.05) is 11.1 Å². The van der Waals surface area contributed by atoms with Crippen molar-refractivity contribution in [2.24, 2.45) is 0 Å². The number of thioether (sulfide) groups is 1. The van der Waals surface area contributed by atoms with Gasteiger partial charge in [0, 0.05) is 28.1 Å². The number of hydrogen-bond acceptors (Lipinski definition) is 5. The predicted molar refractivity (Wildman–Crippen MR) is 123 cm³/mol. The number of thiophene rings is 1. The van der Waals surface area contributed by atoms with E-state index in [1.54, 1.807) is 11.3 Å². The molecule has 0 aliphatic carbocycles. The Hall–Kier alpha value is -2.12. The average molecular weight is 429 g/mol. The van der Waals surface area contributed by atoms with Crippen LogP contribution in [0.2, 0.25) is 0 Å². The Labute approximate surface area is 180 Å². The van der Waals surface area contributed by atoms with E-state index in [4.69, 9.17) is 0 Å². The number of nitrogens with one attached hydrogen (secondary N) is 1. The van der Waals surface area contributed by atoms with Gasteiger partial charge in [-0.15, -0.1) is 21.5 Å². The van der Waals surface area contributed by atoms with Gasteiger partial charge in [0.25, 0.3) is 0 Å². The lowest BCUT2D eigenvalue weighted by Gasteiger charge is -2.09. The Morgan fingerprint density at radius 1 is 1.21 bits per heavy atom. The first-order valence-electron chi connectivity index (χ1n) is 9.91. The van der Waals surface area contributed by atoms with Gasteiger partial charge in [0.2, 0.25) is 5.91 Å². The smallest absolute Gasteiger partial charge is 0.234 e. The number of aryl methyl sites for hydroxylation is 2. The Morgan fingerprint density at radius 3 is 2.66 bits per heavy atom. The first-order valence-corrected chi connectivity index (χ1v) is 11.8. The molecule has 0 aliphatic rings. The van der Waals surface area contributed by atoms with Gasteiger partial charge in [-0.25, -0.2) is 0 Å². The van der Waals surface area contributed by atoms with Crippen LogP contribution in [0.1, 0.15) is 49.1 Å². The van der Waals surface area contributed by atoms with Gasteiger partial charge < -0.3 is 9.88 Å². The fourth-order valence-electron chi connectivity index (χ4n) is 2.95. The second-order valence-electron chi connectivity index (χ2n) is 7.49. The molecular formula is C22H28N4OS2. The second kappa shape index (κ2) is 9.59. The van der Waals surface area contributed by atoms with Crippen LogP contribution in [-0.2, 0) is 11.3 Å². The molecule has 0 unspecified atom stereocenters. The van der Waals surface area contributed by atoms with Crippen molar-refractivity contribution >= 4 is 34.7 Å². The van der Waals surface area contributed by atoms with E-state index in [1.165, 1.54) is 27.8 Å². The quantitative estimate of drug-likeness (QED) is 0.455. The molecule has 0 bridgehead atoms. The van der Waals surface area contributed by atoms with E-state index in [0.29, 0.717) is 11.7 Å². The first-order chi connectivity index (χ1) is 13.9. The maximum absolute atomic E-state index is 12.4. The van der Waals surface area contributed by atoms with Gasteiger partial charge in [-0.3, -0.25) is 4.79 Å². The first kappa shape index (κ1) is 21.6. The van der Waals surface area contributed by atoms with E-state index in [2.05, 4.69) is 59.2 Å². The lowest BCUT2D eigenvalue weighted by atomic mass is 10.1. The third-order valence-corrected chi connectivity index (χ3v) is 6.93. The Balaban J connectivity index is 1.70.